The van der Waals surface area contributed by atoms with Crippen molar-refractivity contribution in [2.24, 2.45) is 0 Å². The Bertz CT molecular complexity index is 502. The SMILES string of the molecule is C[C@@H]1SC2=C(SC(=C3SC4=C(SCCS4)S3)S2)S[C@H]1C. The third-order valence-electron chi connectivity index (χ3n) is 3.04. The molecule has 4 aliphatic rings. The van der Waals surface area contributed by atoms with Crippen LogP contribution in [-0.4, -0.2) is 22.0 Å². The van der Waals surface area contributed by atoms with Gasteiger partial charge in [0.25, 0.3) is 0 Å². The molecule has 108 valence electrons. The number of hydrogen-bond acceptors (Lipinski definition) is 8. The van der Waals surface area contributed by atoms with E-state index in [0.717, 1.165) is 10.5 Å². The Hall–Kier alpha value is 2.02. The Morgan fingerprint density at radius 2 is 1.00 bits per heavy atom. The van der Waals surface area contributed by atoms with E-state index >= 15 is 0 Å². The van der Waals surface area contributed by atoms with Crippen LogP contribution in [0.5, 0.6) is 0 Å². The summed E-state index contributed by atoms with van der Waals surface area (Å²) >= 11 is 16.3. The van der Waals surface area contributed by atoms with Gasteiger partial charge in [0.1, 0.15) is 0 Å². The average molecular weight is 413 g/mol. The van der Waals surface area contributed by atoms with E-state index in [-0.39, 0.29) is 0 Å². The maximum Gasteiger partial charge on any atom is 0.0717 e. The van der Waals surface area contributed by atoms with E-state index in [9.17, 15) is 0 Å². The highest BCUT2D eigenvalue weighted by Gasteiger charge is 2.35. The number of hydrogen-bond donors (Lipinski definition) is 0. The molecular weight excluding hydrogens is 401 g/mol. The first-order valence-corrected chi connectivity index (χ1v) is 13.2. The lowest BCUT2D eigenvalue weighted by atomic mass is 10.4. The van der Waals surface area contributed by atoms with E-state index in [4.69, 9.17) is 0 Å². The molecule has 20 heavy (non-hydrogen) atoms. The second-order valence-electron chi connectivity index (χ2n) is 4.48. The third-order valence-corrected chi connectivity index (χ3v) is 15.6. The zero-order chi connectivity index (χ0) is 13.7. The van der Waals surface area contributed by atoms with Crippen molar-refractivity contribution < 1.29 is 0 Å². The zero-order valence-corrected chi connectivity index (χ0v) is 17.4. The van der Waals surface area contributed by atoms with Crippen molar-refractivity contribution in [1.82, 2.24) is 0 Å². The van der Waals surface area contributed by atoms with E-state index in [1.54, 1.807) is 16.9 Å². The lowest BCUT2D eigenvalue weighted by Crippen LogP contribution is -2.14. The lowest BCUT2D eigenvalue weighted by molar-refractivity contribution is 0.931. The smallest absolute Gasteiger partial charge is 0.0717 e. The van der Waals surface area contributed by atoms with Gasteiger partial charge < -0.3 is 0 Å². The minimum absolute atomic E-state index is 0.734. The van der Waals surface area contributed by atoms with Crippen molar-refractivity contribution in [3.8, 4) is 0 Å². The van der Waals surface area contributed by atoms with E-state index in [1.165, 1.54) is 20.0 Å². The average Bonchev–Trinajstić information content (AvgIpc) is 3.02. The standard InChI is InChI=1S/C12H12S8/c1-5-6(2)16-10-9(15-5)19-12(20-10)11-17-7-8(18-11)14-4-3-13-7/h5-6H,3-4H2,1-2H3/t5-,6-/m0/s1. The van der Waals surface area contributed by atoms with Gasteiger partial charge in [-0.1, -0.05) is 60.9 Å². The van der Waals surface area contributed by atoms with Crippen LogP contribution in [0.25, 0.3) is 0 Å². The summed E-state index contributed by atoms with van der Waals surface area (Å²) in [6, 6.07) is 0. The van der Waals surface area contributed by atoms with E-state index in [0.29, 0.717) is 0 Å². The van der Waals surface area contributed by atoms with Gasteiger partial charge in [-0.2, -0.15) is 0 Å². The minimum atomic E-state index is 0.734. The van der Waals surface area contributed by atoms with Crippen molar-refractivity contribution >= 4 is 94.1 Å². The topological polar surface area (TPSA) is 0 Å². The lowest BCUT2D eigenvalue weighted by Gasteiger charge is -2.24. The van der Waals surface area contributed by atoms with Crippen LogP contribution in [0, 0.1) is 0 Å². The predicted molar refractivity (Wildman–Crippen MR) is 110 cm³/mol. The first kappa shape index (κ1) is 15.5. The Kier molecular flexibility index (Phi) is 5.05. The normalized spacial score (nSPS) is 33.9. The molecule has 4 heterocycles. The van der Waals surface area contributed by atoms with Crippen molar-refractivity contribution in [3.63, 3.8) is 0 Å². The Morgan fingerprint density at radius 3 is 1.45 bits per heavy atom. The second-order valence-corrected chi connectivity index (χ2v) is 15.1. The van der Waals surface area contributed by atoms with Gasteiger partial charge in [0.15, 0.2) is 0 Å². The Balaban J connectivity index is 1.52. The first-order valence-electron chi connectivity index (χ1n) is 6.24. The van der Waals surface area contributed by atoms with E-state index in [1.807, 2.05) is 70.6 Å². The summed E-state index contributed by atoms with van der Waals surface area (Å²) < 4.78 is 9.28. The largest absolute Gasteiger partial charge is 0.116 e. The minimum Gasteiger partial charge on any atom is -0.116 e. The first-order chi connectivity index (χ1) is 9.70. The molecule has 4 aliphatic heterocycles. The van der Waals surface area contributed by atoms with Crippen LogP contribution >= 0.6 is 94.1 Å². The molecule has 8 heteroatoms. The third kappa shape index (κ3) is 3.01. The summed E-state index contributed by atoms with van der Waals surface area (Å²) in [5.41, 5.74) is 0. The van der Waals surface area contributed by atoms with E-state index < -0.39 is 0 Å². The van der Waals surface area contributed by atoms with Gasteiger partial charge in [-0.3, -0.25) is 0 Å². The molecule has 0 aromatic heterocycles. The molecular formula is C12H12S8. The van der Waals surface area contributed by atoms with Gasteiger partial charge in [0.05, 0.1) is 25.4 Å². The molecule has 0 aromatic carbocycles. The second kappa shape index (κ2) is 6.49. The van der Waals surface area contributed by atoms with Gasteiger partial charge in [0.2, 0.25) is 0 Å². The highest BCUT2D eigenvalue weighted by Crippen LogP contribution is 2.68. The van der Waals surface area contributed by atoms with Crippen molar-refractivity contribution in [2.45, 2.75) is 24.3 Å². The summed E-state index contributed by atoms with van der Waals surface area (Å²) in [7, 11) is 0. The number of thioether (sulfide) groups is 8. The molecule has 0 saturated heterocycles. The van der Waals surface area contributed by atoms with Gasteiger partial charge >= 0.3 is 0 Å². The fourth-order valence-electron chi connectivity index (χ4n) is 1.83. The molecule has 0 aromatic rings. The van der Waals surface area contributed by atoms with Crippen molar-refractivity contribution in [2.75, 3.05) is 11.5 Å². The van der Waals surface area contributed by atoms with E-state index in [2.05, 4.69) is 37.4 Å². The van der Waals surface area contributed by atoms with Crippen LogP contribution in [0.1, 0.15) is 13.8 Å². The fraction of sp³-hybridized carbons (Fsp3) is 0.500. The van der Waals surface area contributed by atoms with Gasteiger partial charge in [-0.05, 0) is 0 Å². The van der Waals surface area contributed by atoms with Crippen molar-refractivity contribution in [3.05, 3.63) is 25.4 Å². The van der Waals surface area contributed by atoms with Crippen LogP contribution in [0.4, 0.5) is 0 Å². The highest BCUT2D eigenvalue weighted by atomic mass is 32.3. The zero-order valence-electron chi connectivity index (χ0n) is 10.8. The maximum atomic E-state index is 2.36. The molecule has 0 aliphatic carbocycles. The van der Waals surface area contributed by atoms with Crippen LogP contribution in [0.3, 0.4) is 0 Å². The number of rotatable bonds is 0. The quantitative estimate of drug-likeness (QED) is 0.409. The van der Waals surface area contributed by atoms with Gasteiger partial charge in [0, 0.05) is 22.0 Å². The molecule has 0 nitrogen and oxygen atoms in total. The predicted octanol–water partition coefficient (Wildman–Crippen LogP) is 7.06. The van der Waals surface area contributed by atoms with Crippen LogP contribution < -0.4 is 0 Å². The molecule has 2 atom stereocenters. The highest BCUT2D eigenvalue weighted by molar-refractivity contribution is 8.45. The van der Waals surface area contributed by atoms with Crippen LogP contribution in [0.15, 0.2) is 25.4 Å². The molecule has 0 radical (unpaired) electrons. The molecule has 0 unspecified atom stereocenters. The van der Waals surface area contributed by atoms with Crippen molar-refractivity contribution in [1.29, 1.82) is 0 Å². The molecule has 0 bridgehead atoms. The molecule has 0 fully saturated rings. The fourth-order valence-corrected chi connectivity index (χ4v) is 14.5. The summed E-state index contributed by atoms with van der Waals surface area (Å²) in [6.45, 7) is 4.71. The monoisotopic (exact) mass is 412 g/mol. The summed E-state index contributed by atoms with van der Waals surface area (Å²) in [5.74, 6) is 2.55. The Morgan fingerprint density at radius 1 is 0.600 bits per heavy atom. The molecule has 0 saturated carbocycles. The molecule has 0 amide bonds. The summed E-state index contributed by atoms with van der Waals surface area (Å²) in [4.78, 5) is 0. The van der Waals surface area contributed by atoms with Gasteiger partial charge in [-0.25, -0.2) is 0 Å². The maximum absolute atomic E-state index is 2.36. The molecule has 4 rings (SSSR count). The molecule has 0 N–H and O–H groups in total. The molecule has 0 spiro atoms. The Labute approximate surface area is 154 Å². The van der Waals surface area contributed by atoms with Gasteiger partial charge in [-0.15, -0.1) is 47.0 Å². The van der Waals surface area contributed by atoms with Crippen LogP contribution in [0.2, 0.25) is 0 Å². The van der Waals surface area contributed by atoms with Crippen LogP contribution in [-0.2, 0) is 0 Å². The summed E-state index contributed by atoms with van der Waals surface area (Å²) in [5, 5.41) is 1.47. The summed E-state index contributed by atoms with van der Waals surface area (Å²) in [6.07, 6.45) is 0.